The molecule has 2 amide bonds. The van der Waals surface area contributed by atoms with Gasteiger partial charge in [-0.2, -0.15) is 0 Å². The van der Waals surface area contributed by atoms with Gasteiger partial charge in [0.05, 0.1) is 11.6 Å². The number of carbonyl (C=O) groups excluding carboxylic acids is 3. The molecule has 19 nitrogen and oxygen atoms in total. The smallest absolute Gasteiger partial charge is 0.360 e. The molecule has 0 spiro atoms. The molecule has 4 rings (SSSR count). The molecule has 3 aromatic heterocycles. The molecule has 5 N–H and O–H groups in total. The van der Waals surface area contributed by atoms with Crippen molar-refractivity contribution in [2.45, 2.75) is 59.6 Å². The van der Waals surface area contributed by atoms with Gasteiger partial charge < -0.3 is 25.8 Å². The number of rotatable bonds is 13. The van der Waals surface area contributed by atoms with Crippen LogP contribution < -0.4 is 16.9 Å². The second-order valence-electron chi connectivity index (χ2n) is 12.8. The Morgan fingerprint density at radius 1 is 1.18 bits per heavy atom. The summed E-state index contributed by atoms with van der Waals surface area (Å²) in [6, 6.07) is 0.936. The molecule has 21 heteroatoms. The van der Waals surface area contributed by atoms with E-state index in [9.17, 15) is 47.4 Å². The van der Waals surface area contributed by atoms with Crippen molar-refractivity contribution in [1.29, 1.82) is 0 Å². The minimum absolute atomic E-state index is 0.0119. The van der Waals surface area contributed by atoms with E-state index in [2.05, 4.69) is 20.2 Å². The lowest BCUT2D eigenvalue weighted by atomic mass is 9.91. The number of nitrogens with zero attached hydrogens (tertiary/aromatic N) is 6. The van der Waals surface area contributed by atoms with Crippen molar-refractivity contribution in [2.24, 2.45) is 16.5 Å². The van der Waals surface area contributed by atoms with Gasteiger partial charge >= 0.3 is 11.7 Å². The first kappa shape index (κ1) is 36.7. The fourth-order valence-corrected chi connectivity index (χ4v) is 6.00. The fraction of sp³-hybridized carbons (Fsp3) is 0.464. The predicted molar refractivity (Wildman–Crippen MR) is 173 cm³/mol. The number of nitrogens with two attached hydrogens (primary N) is 1. The number of hydrogen-bond donors (Lipinski definition) is 4. The summed E-state index contributed by atoms with van der Waals surface area (Å²) >= 11 is 0.972. The molecule has 0 bridgehead atoms. The van der Waals surface area contributed by atoms with E-state index in [0.29, 0.717) is 11.3 Å². The Kier molecular flexibility index (Phi) is 10.0. The SMILES string of the molecule is CC(C)(C)CCn1c(-c2cc(=O)c(O)c[nH]2)nn(S(=O)(=O)CC(=O)N2C[C@H](CC(=O)/C(=N\OC(C)(C)C(=O)O)c3csc(N)n3)C2=O)c1=O. The first-order valence-electron chi connectivity index (χ1n) is 14.5. The Balaban J connectivity index is 1.52. The summed E-state index contributed by atoms with van der Waals surface area (Å²) in [5, 5.41) is 28.0. The molecule has 0 saturated carbocycles. The molecular formula is C28H34N8O11S2. The van der Waals surface area contributed by atoms with Crippen LogP contribution in [0.15, 0.2) is 32.4 Å². The van der Waals surface area contributed by atoms with Gasteiger partial charge in [0.1, 0.15) is 5.69 Å². The van der Waals surface area contributed by atoms with E-state index in [1.165, 1.54) is 19.2 Å². The monoisotopic (exact) mass is 722 g/mol. The molecular weight excluding hydrogens is 688 g/mol. The lowest BCUT2D eigenvalue weighted by Crippen LogP contribution is -2.57. The number of anilines is 1. The van der Waals surface area contributed by atoms with E-state index in [0.717, 1.165) is 28.2 Å². The number of carboxylic acids is 1. The Labute approximate surface area is 282 Å². The first-order chi connectivity index (χ1) is 22.6. The van der Waals surface area contributed by atoms with Crippen molar-refractivity contribution in [3.63, 3.8) is 0 Å². The number of aliphatic carboxylic acids is 1. The first-order valence-corrected chi connectivity index (χ1v) is 17.0. The molecule has 264 valence electrons. The van der Waals surface area contributed by atoms with Crippen LogP contribution in [0.5, 0.6) is 5.75 Å². The van der Waals surface area contributed by atoms with E-state index in [4.69, 9.17) is 10.6 Å². The van der Waals surface area contributed by atoms with Gasteiger partial charge in [-0.3, -0.25) is 28.6 Å². The maximum absolute atomic E-state index is 13.3. The number of H-pyrrole nitrogens is 1. The fourth-order valence-electron chi connectivity index (χ4n) is 4.32. The standard InChI is InChI=1S/C28H34N8O11S2/c1-27(2,3)6-7-34-22(15-9-17(37)19(39)10-30-15)32-36(26(34)44)49(45,46)13-20(40)35-11-14(23(35)41)8-18(38)21(16-12-48-25(29)31-16)33-47-28(4,5)24(42)43/h9-10,12,14,39H,6-8,11,13H2,1-5H3,(H2,29,31)(H,30,37)(H,42,43)/b33-21-/t14-/m0/s1. The average Bonchev–Trinajstić information content (AvgIpc) is 3.57. The van der Waals surface area contributed by atoms with Crippen LogP contribution >= 0.6 is 11.3 Å². The van der Waals surface area contributed by atoms with Gasteiger partial charge in [0, 0.05) is 37.2 Å². The number of carbonyl (C=O) groups is 4. The highest BCUT2D eigenvalue weighted by Gasteiger charge is 2.44. The van der Waals surface area contributed by atoms with E-state index < -0.39 is 79.9 Å². The zero-order chi connectivity index (χ0) is 36.6. The number of pyridine rings is 1. The Bertz CT molecular complexity index is 2080. The predicted octanol–water partition coefficient (Wildman–Crippen LogP) is -0.0132. The Morgan fingerprint density at radius 3 is 2.41 bits per heavy atom. The van der Waals surface area contributed by atoms with Crippen molar-refractivity contribution in [2.75, 3.05) is 18.0 Å². The highest BCUT2D eigenvalue weighted by atomic mass is 32.2. The van der Waals surface area contributed by atoms with Gasteiger partial charge in [0.25, 0.3) is 10.0 Å². The Hall–Kier alpha value is -5.18. The topological polar surface area (TPSA) is 279 Å². The second-order valence-corrected chi connectivity index (χ2v) is 15.5. The number of aromatic hydroxyl groups is 1. The third-order valence-electron chi connectivity index (χ3n) is 7.28. The van der Waals surface area contributed by atoms with Gasteiger partial charge in [-0.1, -0.05) is 25.9 Å². The number of hydrogen-bond acceptors (Lipinski definition) is 15. The summed E-state index contributed by atoms with van der Waals surface area (Å²) in [5.41, 5.74) is 1.10. The molecule has 1 aliphatic heterocycles. The van der Waals surface area contributed by atoms with Crippen molar-refractivity contribution < 1.29 is 42.6 Å². The van der Waals surface area contributed by atoms with E-state index >= 15 is 0 Å². The van der Waals surface area contributed by atoms with Crippen LogP contribution in [0.2, 0.25) is 0 Å². The van der Waals surface area contributed by atoms with Crippen molar-refractivity contribution in [1.82, 2.24) is 28.6 Å². The molecule has 3 aromatic rings. The lowest BCUT2D eigenvalue weighted by Gasteiger charge is -2.36. The largest absolute Gasteiger partial charge is 0.503 e. The number of aromatic amines is 1. The van der Waals surface area contributed by atoms with Gasteiger partial charge in [-0.25, -0.2) is 23.0 Å². The van der Waals surface area contributed by atoms with Crippen molar-refractivity contribution in [3.8, 4) is 17.3 Å². The van der Waals surface area contributed by atoms with Crippen LogP contribution in [0.25, 0.3) is 11.5 Å². The summed E-state index contributed by atoms with van der Waals surface area (Å²) in [4.78, 5) is 88.1. The van der Waals surface area contributed by atoms with Crippen LogP contribution in [0.1, 0.15) is 53.2 Å². The highest BCUT2D eigenvalue weighted by molar-refractivity contribution is 7.90. The molecule has 1 fully saturated rings. The van der Waals surface area contributed by atoms with Gasteiger partial charge in [-0.15, -0.1) is 20.5 Å². The third kappa shape index (κ3) is 8.11. The van der Waals surface area contributed by atoms with E-state index in [1.54, 1.807) is 0 Å². The number of amides is 2. The van der Waals surface area contributed by atoms with Crippen LogP contribution in [-0.4, -0.2) is 94.4 Å². The maximum atomic E-state index is 13.3. The van der Waals surface area contributed by atoms with Crippen LogP contribution in [-0.2, 0) is 40.6 Å². The minimum atomic E-state index is -4.81. The normalized spacial score (nSPS) is 15.6. The molecule has 0 aliphatic carbocycles. The van der Waals surface area contributed by atoms with Gasteiger partial charge in [0.15, 0.2) is 34.0 Å². The van der Waals surface area contributed by atoms with Crippen molar-refractivity contribution >= 4 is 55.8 Å². The molecule has 1 saturated heterocycles. The number of aromatic nitrogens is 5. The summed E-state index contributed by atoms with van der Waals surface area (Å²) < 4.78 is 27.8. The average molecular weight is 723 g/mol. The lowest BCUT2D eigenvalue weighted by molar-refractivity contribution is -0.161. The second kappa shape index (κ2) is 13.4. The summed E-state index contributed by atoms with van der Waals surface area (Å²) in [5.74, 6) is -7.46. The number of β-lactam (4-membered cyclic amide) rings is 1. The molecule has 1 atom stereocenters. The molecule has 0 aromatic carbocycles. The minimum Gasteiger partial charge on any atom is -0.503 e. The molecule has 0 unspecified atom stereocenters. The number of Topliss-reactive ketones (excluding diaryl/α,β-unsaturated/α-hetero) is 1. The number of imide groups is 1. The van der Waals surface area contributed by atoms with E-state index in [1.807, 2.05) is 20.8 Å². The van der Waals surface area contributed by atoms with Crippen LogP contribution in [0.3, 0.4) is 0 Å². The number of oxime groups is 1. The highest BCUT2D eigenvalue weighted by Crippen LogP contribution is 2.25. The summed E-state index contributed by atoms with van der Waals surface area (Å²) in [6.45, 7) is 7.71. The van der Waals surface area contributed by atoms with Crippen LogP contribution in [0, 0.1) is 11.3 Å². The van der Waals surface area contributed by atoms with E-state index in [-0.39, 0.29) is 44.9 Å². The number of nitrogen functional groups attached to an aromatic ring is 1. The number of ketones is 1. The number of likely N-dealkylation sites (tertiary alicyclic amines) is 1. The zero-order valence-electron chi connectivity index (χ0n) is 27.0. The molecule has 0 radical (unpaired) electrons. The Morgan fingerprint density at radius 2 is 1.86 bits per heavy atom. The number of thiazole rings is 1. The third-order valence-corrected chi connectivity index (χ3v) is 9.33. The molecule has 49 heavy (non-hydrogen) atoms. The van der Waals surface area contributed by atoms with Crippen molar-refractivity contribution in [3.05, 3.63) is 44.0 Å². The molecule has 1 aliphatic rings. The molecule has 4 heterocycles. The maximum Gasteiger partial charge on any atom is 0.360 e. The zero-order valence-corrected chi connectivity index (χ0v) is 28.6. The van der Waals surface area contributed by atoms with Gasteiger partial charge in [0.2, 0.25) is 22.8 Å². The van der Waals surface area contributed by atoms with Crippen LogP contribution in [0.4, 0.5) is 5.13 Å². The number of carboxylic acid groups (broad SMARTS) is 1. The quantitative estimate of drug-likeness (QED) is 0.103. The summed E-state index contributed by atoms with van der Waals surface area (Å²) in [6.07, 6.45) is 0.838. The summed E-state index contributed by atoms with van der Waals surface area (Å²) in [7, 11) is -4.81. The number of nitrogens with one attached hydrogen (secondary N) is 1. The van der Waals surface area contributed by atoms with Gasteiger partial charge in [-0.05, 0) is 25.7 Å².